The molecule has 0 aromatic carbocycles. The van der Waals surface area contributed by atoms with Crippen LogP contribution in [0.3, 0.4) is 0 Å². The molecule has 6 nitrogen and oxygen atoms in total. The third-order valence-corrected chi connectivity index (χ3v) is 1.83. The summed E-state index contributed by atoms with van der Waals surface area (Å²) in [7, 11) is 1.61. The van der Waals surface area contributed by atoms with Gasteiger partial charge in [0.05, 0.1) is 26.0 Å². The van der Waals surface area contributed by atoms with E-state index in [2.05, 4.69) is 9.97 Å². The van der Waals surface area contributed by atoms with Crippen LogP contribution >= 0.6 is 0 Å². The highest BCUT2D eigenvalue weighted by molar-refractivity contribution is 5.22. The molecule has 0 aliphatic carbocycles. The predicted molar refractivity (Wildman–Crippen MR) is 59.2 cm³/mol. The summed E-state index contributed by atoms with van der Waals surface area (Å²) in [5.74, 6) is -0.772. The summed E-state index contributed by atoms with van der Waals surface area (Å²) in [5, 5.41) is 0. The highest BCUT2D eigenvalue weighted by Crippen LogP contribution is 2.12. The van der Waals surface area contributed by atoms with E-state index in [9.17, 15) is 4.39 Å². The maximum absolute atomic E-state index is 13.1. The van der Waals surface area contributed by atoms with Crippen molar-refractivity contribution in [3.63, 3.8) is 0 Å². The normalized spacial score (nSPS) is 10.5. The van der Waals surface area contributed by atoms with Gasteiger partial charge < -0.3 is 19.9 Å². The lowest BCUT2D eigenvalue weighted by molar-refractivity contribution is 0.0639. The van der Waals surface area contributed by atoms with Gasteiger partial charge in [-0.25, -0.2) is 4.98 Å². The number of ether oxygens (including phenoxy) is 3. The fraction of sp³-hybridized carbons (Fsp3) is 0.600. The second-order valence-electron chi connectivity index (χ2n) is 3.19. The summed E-state index contributed by atoms with van der Waals surface area (Å²) in [6.07, 6.45) is 1.61. The lowest BCUT2D eigenvalue weighted by Gasteiger charge is -2.06. The topological polar surface area (TPSA) is 79.5 Å². The van der Waals surface area contributed by atoms with Crippen molar-refractivity contribution in [1.82, 2.24) is 9.97 Å². The zero-order valence-electron chi connectivity index (χ0n) is 9.69. The second kappa shape index (κ2) is 7.75. The molecule has 0 saturated carbocycles. The van der Waals surface area contributed by atoms with Gasteiger partial charge in [-0.05, 0) is 0 Å². The number of rotatable bonds is 8. The number of anilines is 1. The molecule has 1 heterocycles. The number of nitrogens with zero attached hydrogens (tertiary/aromatic N) is 2. The van der Waals surface area contributed by atoms with Gasteiger partial charge in [0.15, 0.2) is 0 Å². The van der Waals surface area contributed by atoms with E-state index in [1.54, 1.807) is 7.11 Å². The molecule has 0 spiro atoms. The number of methoxy groups -OCH3 is 1. The van der Waals surface area contributed by atoms with Crippen LogP contribution in [0.1, 0.15) is 6.42 Å². The molecule has 17 heavy (non-hydrogen) atoms. The minimum absolute atomic E-state index is 0.0160. The molecular formula is C10H16FN3O3. The highest BCUT2D eigenvalue weighted by atomic mass is 19.1. The molecule has 2 N–H and O–H groups in total. The van der Waals surface area contributed by atoms with E-state index in [0.29, 0.717) is 32.8 Å². The fourth-order valence-electron chi connectivity index (χ4n) is 1.04. The van der Waals surface area contributed by atoms with Crippen molar-refractivity contribution < 1.29 is 18.6 Å². The zero-order chi connectivity index (χ0) is 12.5. The molecule has 1 aromatic rings. The first-order valence-corrected chi connectivity index (χ1v) is 5.21. The lowest BCUT2D eigenvalue weighted by atomic mass is 10.5. The van der Waals surface area contributed by atoms with Crippen LogP contribution in [0.25, 0.3) is 0 Å². The summed E-state index contributed by atoms with van der Waals surface area (Å²) in [4.78, 5) is 7.12. The van der Waals surface area contributed by atoms with Gasteiger partial charge in [0.1, 0.15) is 0 Å². The third kappa shape index (κ3) is 5.41. The molecule has 0 atom stereocenters. The number of nitrogen functional groups attached to an aromatic ring is 1. The highest BCUT2D eigenvalue weighted by Gasteiger charge is 2.06. The standard InChI is InChI=1S/C10H16FN3O3/c1-15-5-6-16-3-2-4-17-9-8(11)7-13-10(12)14-9/h7H,2-6H2,1H3,(H2,12,13,14). The summed E-state index contributed by atoms with van der Waals surface area (Å²) in [6.45, 7) is 1.91. The predicted octanol–water partition coefficient (Wildman–Crippen LogP) is 0.630. The maximum Gasteiger partial charge on any atom is 0.255 e. The van der Waals surface area contributed by atoms with Gasteiger partial charge >= 0.3 is 0 Å². The minimum atomic E-state index is -0.625. The first kappa shape index (κ1) is 13.6. The van der Waals surface area contributed by atoms with E-state index in [0.717, 1.165) is 6.20 Å². The quantitative estimate of drug-likeness (QED) is 0.677. The molecule has 1 aromatic heterocycles. The average Bonchev–Trinajstić information content (AvgIpc) is 2.32. The Morgan fingerprint density at radius 2 is 2.12 bits per heavy atom. The summed E-state index contributed by atoms with van der Waals surface area (Å²) in [6, 6.07) is 0. The van der Waals surface area contributed by atoms with Crippen LogP contribution < -0.4 is 10.5 Å². The molecule has 0 saturated heterocycles. The first-order chi connectivity index (χ1) is 8.24. The van der Waals surface area contributed by atoms with Crippen molar-refractivity contribution in [2.45, 2.75) is 6.42 Å². The van der Waals surface area contributed by atoms with E-state index >= 15 is 0 Å². The second-order valence-corrected chi connectivity index (χ2v) is 3.19. The SMILES string of the molecule is COCCOCCCOc1nc(N)ncc1F. The smallest absolute Gasteiger partial charge is 0.255 e. The molecule has 7 heteroatoms. The lowest BCUT2D eigenvalue weighted by Crippen LogP contribution is -2.08. The molecule has 0 bridgehead atoms. The molecule has 0 amide bonds. The van der Waals surface area contributed by atoms with Crippen LogP contribution in [0, 0.1) is 5.82 Å². The van der Waals surface area contributed by atoms with Crippen molar-refractivity contribution >= 4 is 5.95 Å². The Labute approximate surface area is 98.9 Å². The van der Waals surface area contributed by atoms with Gasteiger partial charge in [0.2, 0.25) is 11.8 Å². The molecule has 0 aliphatic rings. The van der Waals surface area contributed by atoms with Gasteiger partial charge in [0, 0.05) is 20.1 Å². The largest absolute Gasteiger partial charge is 0.475 e. The molecule has 0 aliphatic heterocycles. The number of hydrogen-bond donors (Lipinski definition) is 1. The van der Waals surface area contributed by atoms with Crippen LogP contribution in [0.15, 0.2) is 6.20 Å². The first-order valence-electron chi connectivity index (χ1n) is 5.21. The Balaban J connectivity index is 2.15. The average molecular weight is 245 g/mol. The van der Waals surface area contributed by atoms with Gasteiger partial charge in [-0.15, -0.1) is 0 Å². The molecule has 0 radical (unpaired) electrons. The number of aromatic nitrogens is 2. The maximum atomic E-state index is 13.1. The molecule has 0 fully saturated rings. The van der Waals surface area contributed by atoms with Crippen LogP contribution in [0.5, 0.6) is 5.88 Å². The van der Waals surface area contributed by atoms with E-state index in [1.165, 1.54) is 0 Å². The van der Waals surface area contributed by atoms with E-state index in [-0.39, 0.29) is 11.8 Å². The number of nitrogens with two attached hydrogens (primary N) is 1. The van der Waals surface area contributed by atoms with Crippen molar-refractivity contribution in [1.29, 1.82) is 0 Å². The third-order valence-electron chi connectivity index (χ3n) is 1.83. The zero-order valence-corrected chi connectivity index (χ0v) is 9.69. The Bertz CT molecular complexity index is 339. The van der Waals surface area contributed by atoms with Gasteiger partial charge in [-0.3, -0.25) is 0 Å². The van der Waals surface area contributed by atoms with Gasteiger partial charge in [-0.1, -0.05) is 0 Å². The molecule has 0 unspecified atom stereocenters. The van der Waals surface area contributed by atoms with Crippen LogP contribution in [-0.2, 0) is 9.47 Å². The monoisotopic (exact) mass is 245 g/mol. The molecule has 96 valence electrons. The van der Waals surface area contributed by atoms with Crippen LogP contribution in [0.2, 0.25) is 0 Å². The summed E-state index contributed by atoms with van der Waals surface area (Å²) >= 11 is 0. The fourth-order valence-corrected chi connectivity index (χ4v) is 1.04. The van der Waals surface area contributed by atoms with Crippen LogP contribution in [0.4, 0.5) is 10.3 Å². The van der Waals surface area contributed by atoms with Crippen molar-refractivity contribution in [3.8, 4) is 5.88 Å². The van der Waals surface area contributed by atoms with E-state index in [1.807, 2.05) is 0 Å². The van der Waals surface area contributed by atoms with Gasteiger partial charge in [0.25, 0.3) is 5.88 Å². The van der Waals surface area contributed by atoms with Crippen LogP contribution in [-0.4, -0.2) is 43.5 Å². The Hall–Kier alpha value is -1.47. The number of hydrogen-bond acceptors (Lipinski definition) is 6. The minimum Gasteiger partial charge on any atom is -0.475 e. The van der Waals surface area contributed by atoms with Crippen molar-refractivity contribution in [3.05, 3.63) is 12.0 Å². The number of halogens is 1. The Morgan fingerprint density at radius 1 is 1.29 bits per heavy atom. The van der Waals surface area contributed by atoms with E-state index in [4.69, 9.17) is 19.9 Å². The molecule has 1 rings (SSSR count). The van der Waals surface area contributed by atoms with E-state index < -0.39 is 5.82 Å². The molecular weight excluding hydrogens is 229 g/mol. The summed E-state index contributed by atoms with van der Waals surface area (Å²) in [5.41, 5.74) is 5.31. The Kier molecular flexibility index (Phi) is 6.19. The summed E-state index contributed by atoms with van der Waals surface area (Å²) < 4.78 is 28.2. The van der Waals surface area contributed by atoms with Gasteiger partial charge in [-0.2, -0.15) is 9.37 Å². The van der Waals surface area contributed by atoms with Crippen molar-refractivity contribution in [2.75, 3.05) is 39.3 Å². The van der Waals surface area contributed by atoms with Crippen molar-refractivity contribution in [2.24, 2.45) is 0 Å². The Morgan fingerprint density at radius 3 is 2.88 bits per heavy atom.